The number of carbonyl (C=O) groups excluding carboxylic acids is 2. The molecular formula is C33H34N2O5. The Kier molecular flexibility index (Phi) is 9.30. The van der Waals surface area contributed by atoms with Crippen molar-refractivity contribution in [1.29, 1.82) is 0 Å². The first kappa shape index (κ1) is 28.5. The van der Waals surface area contributed by atoms with Gasteiger partial charge >= 0.3 is 6.09 Å². The third-order valence-corrected chi connectivity index (χ3v) is 6.18. The molecule has 1 aromatic heterocycles. The van der Waals surface area contributed by atoms with E-state index in [0.717, 1.165) is 23.0 Å². The molecule has 0 aliphatic heterocycles. The number of hydrogen-bond acceptors (Lipinski definition) is 6. The predicted octanol–water partition coefficient (Wildman–Crippen LogP) is 6.87. The molecule has 7 nitrogen and oxygen atoms in total. The van der Waals surface area contributed by atoms with Crippen molar-refractivity contribution in [1.82, 2.24) is 9.88 Å². The average Bonchev–Trinajstić information content (AvgIpc) is 2.95. The summed E-state index contributed by atoms with van der Waals surface area (Å²) in [6, 6.07) is 26.4. The number of ether oxygens (including phenoxy) is 2. The summed E-state index contributed by atoms with van der Waals surface area (Å²) in [5.41, 5.74) is 3.36. The van der Waals surface area contributed by atoms with Crippen molar-refractivity contribution in [2.45, 2.75) is 38.9 Å². The number of hydrogen-bond donors (Lipinski definition) is 1. The van der Waals surface area contributed by atoms with E-state index in [2.05, 4.69) is 4.98 Å². The number of amides is 1. The van der Waals surface area contributed by atoms with E-state index in [4.69, 9.17) is 9.47 Å². The van der Waals surface area contributed by atoms with E-state index in [9.17, 15) is 14.7 Å². The lowest BCUT2D eigenvalue weighted by Gasteiger charge is -2.29. The van der Waals surface area contributed by atoms with Crippen LogP contribution in [-0.4, -0.2) is 46.1 Å². The van der Waals surface area contributed by atoms with Gasteiger partial charge in [0.15, 0.2) is 6.29 Å². The highest BCUT2D eigenvalue weighted by molar-refractivity contribution is 5.82. The van der Waals surface area contributed by atoms with Gasteiger partial charge in [-0.1, -0.05) is 54.6 Å². The largest absolute Gasteiger partial charge is 0.457 e. The van der Waals surface area contributed by atoms with E-state index >= 15 is 0 Å². The predicted molar refractivity (Wildman–Crippen MR) is 154 cm³/mol. The van der Waals surface area contributed by atoms with Gasteiger partial charge in [-0.3, -0.25) is 9.78 Å². The minimum Gasteiger partial charge on any atom is -0.457 e. The molecule has 0 aliphatic rings. The zero-order chi connectivity index (χ0) is 28.5. The summed E-state index contributed by atoms with van der Waals surface area (Å²) in [4.78, 5) is 30.1. The lowest BCUT2D eigenvalue weighted by Crippen LogP contribution is -2.40. The number of aliphatic hydroxyl groups excluding tert-OH is 1. The Morgan fingerprint density at radius 1 is 0.975 bits per heavy atom. The molecule has 40 heavy (non-hydrogen) atoms. The van der Waals surface area contributed by atoms with Crippen LogP contribution in [0.3, 0.4) is 0 Å². The summed E-state index contributed by atoms with van der Waals surface area (Å²) in [5.74, 6) is 1.14. The lowest BCUT2D eigenvalue weighted by molar-refractivity contribution is 0.0146. The highest BCUT2D eigenvalue weighted by Gasteiger charge is 2.24. The van der Waals surface area contributed by atoms with Crippen LogP contribution in [0.2, 0.25) is 0 Å². The maximum absolute atomic E-state index is 12.9. The Labute approximate surface area is 235 Å². The molecule has 0 saturated heterocycles. The number of aliphatic hydroxyl groups is 1. The standard InChI is InChI=1S/C33H34N2O5/c1-33(2,3)40-32(38)35(22-30(37)27-8-7-18-34-21-27)19-17-24-11-13-25(14-12-24)26-15-16-28(23-36)31(20-26)39-29-9-5-4-6-10-29/h4-16,18,20-21,23,30,37H,17,19,22H2,1-3H3/t30-/m0/s1. The average molecular weight is 539 g/mol. The molecule has 7 heteroatoms. The number of nitrogens with zero attached hydrogens (tertiary/aromatic N) is 2. The van der Waals surface area contributed by atoms with Crippen LogP contribution in [0.15, 0.2) is 97.3 Å². The Balaban J connectivity index is 1.46. The van der Waals surface area contributed by atoms with Gasteiger partial charge in [-0.2, -0.15) is 0 Å². The van der Waals surface area contributed by atoms with E-state index in [-0.39, 0.29) is 6.54 Å². The molecule has 0 saturated carbocycles. The number of rotatable bonds is 10. The molecule has 3 aromatic carbocycles. The second-order valence-corrected chi connectivity index (χ2v) is 10.5. The number of carbonyl (C=O) groups is 2. The first-order valence-electron chi connectivity index (χ1n) is 13.2. The van der Waals surface area contributed by atoms with E-state index < -0.39 is 17.8 Å². The molecule has 0 aliphatic carbocycles. The van der Waals surface area contributed by atoms with Crippen LogP contribution in [0.5, 0.6) is 11.5 Å². The molecule has 4 aromatic rings. The van der Waals surface area contributed by atoms with Crippen LogP contribution in [-0.2, 0) is 11.2 Å². The van der Waals surface area contributed by atoms with Crippen LogP contribution in [0, 0.1) is 0 Å². The number of pyridine rings is 1. The van der Waals surface area contributed by atoms with Gasteiger partial charge in [0.2, 0.25) is 0 Å². The monoisotopic (exact) mass is 538 g/mol. The van der Waals surface area contributed by atoms with E-state index in [0.29, 0.717) is 35.6 Å². The fraction of sp³-hybridized carbons (Fsp3) is 0.242. The Bertz CT molecular complexity index is 1400. The lowest BCUT2D eigenvalue weighted by atomic mass is 10.0. The fourth-order valence-corrected chi connectivity index (χ4v) is 4.11. The van der Waals surface area contributed by atoms with Gasteiger partial charge in [0.1, 0.15) is 17.1 Å². The van der Waals surface area contributed by atoms with E-state index in [1.807, 2.05) is 87.5 Å². The summed E-state index contributed by atoms with van der Waals surface area (Å²) in [5, 5.41) is 10.7. The highest BCUT2D eigenvalue weighted by Crippen LogP contribution is 2.30. The number of benzene rings is 3. The molecule has 0 spiro atoms. The Morgan fingerprint density at radius 3 is 2.35 bits per heavy atom. The molecule has 1 atom stereocenters. The molecule has 0 radical (unpaired) electrons. The van der Waals surface area contributed by atoms with E-state index in [1.54, 1.807) is 30.6 Å². The van der Waals surface area contributed by atoms with Crippen molar-refractivity contribution in [3.05, 3.63) is 114 Å². The fourth-order valence-electron chi connectivity index (χ4n) is 4.11. The highest BCUT2D eigenvalue weighted by atomic mass is 16.6. The quantitative estimate of drug-likeness (QED) is 0.222. The van der Waals surface area contributed by atoms with Gasteiger partial charge in [0.25, 0.3) is 0 Å². The van der Waals surface area contributed by atoms with Gasteiger partial charge < -0.3 is 19.5 Å². The first-order valence-corrected chi connectivity index (χ1v) is 13.2. The van der Waals surface area contributed by atoms with Gasteiger partial charge in [-0.25, -0.2) is 4.79 Å². The first-order chi connectivity index (χ1) is 19.2. The Hall–Kier alpha value is -4.49. The second-order valence-electron chi connectivity index (χ2n) is 10.5. The summed E-state index contributed by atoms with van der Waals surface area (Å²) in [6.45, 7) is 5.91. The van der Waals surface area contributed by atoms with Crippen LogP contribution < -0.4 is 4.74 Å². The zero-order valence-electron chi connectivity index (χ0n) is 23.0. The number of aldehydes is 1. The minimum absolute atomic E-state index is 0.0892. The van der Waals surface area contributed by atoms with Crippen molar-refractivity contribution in [3.63, 3.8) is 0 Å². The van der Waals surface area contributed by atoms with Gasteiger partial charge in [-0.15, -0.1) is 0 Å². The van der Waals surface area contributed by atoms with Crippen molar-refractivity contribution in [2.24, 2.45) is 0 Å². The minimum atomic E-state index is -0.884. The van der Waals surface area contributed by atoms with Gasteiger partial charge in [0.05, 0.1) is 18.2 Å². The molecule has 0 fully saturated rings. The summed E-state index contributed by atoms with van der Waals surface area (Å²) >= 11 is 0. The molecule has 206 valence electrons. The summed E-state index contributed by atoms with van der Waals surface area (Å²) < 4.78 is 11.6. The molecule has 4 rings (SSSR count). The summed E-state index contributed by atoms with van der Waals surface area (Å²) in [6.07, 6.45) is 3.23. The smallest absolute Gasteiger partial charge is 0.410 e. The van der Waals surface area contributed by atoms with E-state index in [1.165, 1.54) is 4.90 Å². The van der Waals surface area contributed by atoms with Crippen LogP contribution in [0.4, 0.5) is 4.79 Å². The molecule has 0 bridgehead atoms. The normalized spacial score (nSPS) is 11.9. The molecule has 0 unspecified atom stereocenters. The molecule has 1 heterocycles. The SMILES string of the molecule is CC(C)(C)OC(=O)N(CCc1ccc(-c2ccc(C=O)c(Oc3ccccc3)c2)cc1)C[C@H](O)c1cccnc1. The van der Waals surface area contributed by atoms with Crippen LogP contribution in [0.1, 0.15) is 48.4 Å². The topological polar surface area (TPSA) is 89.0 Å². The third kappa shape index (κ3) is 8.01. The Morgan fingerprint density at radius 2 is 1.70 bits per heavy atom. The zero-order valence-corrected chi connectivity index (χ0v) is 23.0. The third-order valence-electron chi connectivity index (χ3n) is 6.18. The second kappa shape index (κ2) is 13.0. The molecule has 1 amide bonds. The number of aromatic nitrogens is 1. The molecular weight excluding hydrogens is 504 g/mol. The van der Waals surface area contributed by atoms with Crippen molar-refractivity contribution in [3.8, 4) is 22.6 Å². The van der Waals surface area contributed by atoms with Gasteiger partial charge in [0, 0.05) is 24.5 Å². The van der Waals surface area contributed by atoms with Gasteiger partial charge in [-0.05, 0) is 74.2 Å². The van der Waals surface area contributed by atoms with Crippen LogP contribution >= 0.6 is 0 Å². The summed E-state index contributed by atoms with van der Waals surface area (Å²) in [7, 11) is 0. The van der Waals surface area contributed by atoms with Crippen LogP contribution in [0.25, 0.3) is 11.1 Å². The maximum Gasteiger partial charge on any atom is 0.410 e. The number of para-hydroxylation sites is 1. The molecule has 1 N–H and O–H groups in total. The van der Waals surface area contributed by atoms with Crippen molar-refractivity contribution >= 4 is 12.4 Å². The van der Waals surface area contributed by atoms with Crippen molar-refractivity contribution < 1.29 is 24.2 Å². The maximum atomic E-state index is 12.9. The van der Waals surface area contributed by atoms with Crippen molar-refractivity contribution in [2.75, 3.05) is 13.1 Å².